The van der Waals surface area contributed by atoms with Crippen LogP contribution in [0.5, 0.6) is 0 Å². The molecule has 0 aliphatic rings. The van der Waals surface area contributed by atoms with Gasteiger partial charge in [-0.25, -0.2) is 0 Å². The Labute approximate surface area is 101 Å². The van der Waals surface area contributed by atoms with Crippen LogP contribution >= 0.6 is 0 Å². The van der Waals surface area contributed by atoms with E-state index in [9.17, 15) is 4.79 Å². The molecule has 0 saturated carbocycles. The van der Waals surface area contributed by atoms with Gasteiger partial charge in [-0.3, -0.25) is 4.79 Å². The number of unbranched alkanes of at least 4 members (excludes halogenated alkanes) is 4. The van der Waals surface area contributed by atoms with Crippen molar-refractivity contribution in [2.24, 2.45) is 0 Å². The Hall–Kier alpha value is -0.370. The van der Waals surface area contributed by atoms with E-state index in [0.29, 0.717) is 13.0 Å². The average Bonchev–Trinajstić information content (AvgIpc) is 2.31. The molecule has 0 saturated heterocycles. The average molecular weight is 228 g/mol. The quantitative estimate of drug-likeness (QED) is 0.497. The minimum Gasteiger partial charge on any atom is -0.370 e. The second-order valence-electron chi connectivity index (χ2n) is 4.38. The van der Waals surface area contributed by atoms with Crippen molar-refractivity contribution < 1.29 is 9.53 Å². The Morgan fingerprint density at radius 2 is 1.69 bits per heavy atom. The van der Waals surface area contributed by atoms with Crippen LogP contribution in [0, 0.1) is 0 Å². The molecule has 0 heterocycles. The van der Waals surface area contributed by atoms with Crippen LogP contribution in [0.1, 0.15) is 72.1 Å². The van der Waals surface area contributed by atoms with Crippen LogP contribution in [-0.4, -0.2) is 18.5 Å². The van der Waals surface area contributed by atoms with Crippen LogP contribution in [0.2, 0.25) is 0 Å². The lowest BCUT2D eigenvalue weighted by Crippen LogP contribution is -2.24. The SMILES string of the molecule is CCCCCCCC(OCCC)C(=O)CC. The summed E-state index contributed by atoms with van der Waals surface area (Å²) >= 11 is 0. The van der Waals surface area contributed by atoms with Crippen LogP contribution in [0.3, 0.4) is 0 Å². The van der Waals surface area contributed by atoms with Gasteiger partial charge in [0.25, 0.3) is 0 Å². The van der Waals surface area contributed by atoms with Gasteiger partial charge in [0.15, 0.2) is 5.78 Å². The first-order valence-corrected chi connectivity index (χ1v) is 6.90. The molecule has 16 heavy (non-hydrogen) atoms. The normalized spacial score (nSPS) is 12.7. The van der Waals surface area contributed by atoms with Crippen molar-refractivity contribution in [2.75, 3.05) is 6.61 Å². The Balaban J connectivity index is 3.69. The molecule has 0 rings (SSSR count). The third-order valence-electron chi connectivity index (χ3n) is 2.80. The number of carbonyl (C=O) groups excluding carboxylic acids is 1. The molecular weight excluding hydrogens is 200 g/mol. The van der Waals surface area contributed by atoms with Crippen molar-refractivity contribution >= 4 is 5.78 Å². The highest BCUT2D eigenvalue weighted by molar-refractivity contribution is 5.82. The molecule has 2 nitrogen and oxygen atoms in total. The lowest BCUT2D eigenvalue weighted by atomic mass is 10.0. The van der Waals surface area contributed by atoms with Gasteiger partial charge in [0.05, 0.1) is 0 Å². The largest absolute Gasteiger partial charge is 0.370 e. The Morgan fingerprint density at radius 1 is 1.00 bits per heavy atom. The smallest absolute Gasteiger partial charge is 0.161 e. The maximum Gasteiger partial charge on any atom is 0.161 e. The summed E-state index contributed by atoms with van der Waals surface area (Å²) in [5.74, 6) is 0.268. The first kappa shape index (κ1) is 15.6. The fourth-order valence-corrected chi connectivity index (χ4v) is 1.76. The predicted molar refractivity (Wildman–Crippen MR) is 68.7 cm³/mol. The molecule has 1 unspecified atom stereocenters. The number of carbonyl (C=O) groups is 1. The van der Waals surface area contributed by atoms with Gasteiger partial charge in [-0.15, -0.1) is 0 Å². The molecule has 1 atom stereocenters. The monoisotopic (exact) mass is 228 g/mol. The number of ether oxygens (including phenoxy) is 1. The van der Waals surface area contributed by atoms with Crippen molar-refractivity contribution in [3.63, 3.8) is 0 Å². The second-order valence-corrected chi connectivity index (χ2v) is 4.38. The minimum absolute atomic E-state index is 0.133. The predicted octanol–water partition coefficient (Wildman–Crippen LogP) is 4.12. The Morgan fingerprint density at radius 3 is 2.25 bits per heavy atom. The molecule has 0 spiro atoms. The van der Waals surface area contributed by atoms with E-state index in [1.54, 1.807) is 0 Å². The van der Waals surface area contributed by atoms with Crippen LogP contribution < -0.4 is 0 Å². The highest BCUT2D eigenvalue weighted by atomic mass is 16.5. The fourth-order valence-electron chi connectivity index (χ4n) is 1.76. The lowest BCUT2D eigenvalue weighted by Gasteiger charge is -2.15. The zero-order chi connectivity index (χ0) is 12.2. The summed E-state index contributed by atoms with van der Waals surface area (Å²) < 4.78 is 5.60. The molecule has 2 heteroatoms. The molecule has 0 bridgehead atoms. The van der Waals surface area contributed by atoms with Gasteiger partial charge in [0, 0.05) is 13.0 Å². The van der Waals surface area contributed by atoms with Gasteiger partial charge < -0.3 is 4.74 Å². The summed E-state index contributed by atoms with van der Waals surface area (Å²) in [6.45, 7) is 6.93. The first-order chi connectivity index (χ1) is 7.76. The van der Waals surface area contributed by atoms with Crippen molar-refractivity contribution in [2.45, 2.75) is 78.2 Å². The number of hydrogen-bond donors (Lipinski definition) is 0. The highest BCUT2D eigenvalue weighted by Gasteiger charge is 2.15. The van der Waals surface area contributed by atoms with Gasteiger partial charge in [-0.2, -0.15) is 0 Å². The van der Waals surface area contributed by atoms with E-state index in [4.69, 9.17) is 4.74 Å². The van der Waals surface area contributed by atoms with Crippen LogP contribution in [-0.2, 0) is 9.53 Å². The molecule has 0 aliphatic heterocycles. The maximum absolute atomic E-state index is 11.6. The zero-order valence-electron chi connectivity index (χ0n) is 11.3. The van der Waals surface area contributed by atoms with E-state index in [-0.39, 0.29) is 11.9 Å². The first-order valence-electron chi connectivity index (χ1n) is 6.90. The summed E-state index contributed by atoms with van der Waals surface area (Å²) in [5.41, 5.74) is 0. The maximum atomic E-state index is 11.6. The van der Waals surface area contributed by atoms with Gasteiger partial charge in [0.2, 0.25) is 0 Å². The van der Waals surface area contributed by atoms with Crippen molar-refractivity contribution in [1.82, 2.24) is 0 Å². The van der Waals surface area contributed by atoms with E-state index in [1.807, 2.05) is 6.92 Å². The van der Waals surface area contributed by atoms with Crippen LogP contribution in [0.4, 0.5) is 0 Å². The van der Waals surface area contributed by atoms with Gasteiger partial charge in [-0.05, 0) is 12.8 Å². The zero-order valence-corrected chi connectivity index (χ0v) is 11.3. The number of ketones is 1. The van der Waals surface area contributed by atoms with E-state index in [1.165, 1.54) is 25.7 Å². The van der Waals surface area contributed by atoms with Crippen LogP contribution in [0.25, 0.3) is 0 Å². The summed E-state index contributed by atoms with van der Waals surface area (Å²) in [7, 11) is 0. The molecule has 0 fully saturated rings. The van der Waals surface area contributed by atoms with Crippen molar-refractivity contribution in [1.29, 1.82) is 0 Å². The number of rotatable bonds is 11. The van der Waals surface area contributed by atoms with E-state index < -0.39 is 0 Å². The molecule has 0 aromatic rings. The van der Waals surface area contributed by atoms with E-state index >= 15 is 0 Å². The molecule has 96 valence electrons. The standard InChI is InChI=1S/C14H28O2/c1-4-7-8-9-10-11-14(13(15)6-3)16-12-5-2/h14H,4-12H2,1-3H3. The molecular formula is C14H28O2. The molecule has 0 radical (unpaired) electrons. The Kier molecular flexibility index (Phi) is 10.9. The summed E-state index contributed by atoms with van der Waals surface area (Å²) in [6.07, 6.45) is 8.59. The molecule has 0 amide bonds. The molecule has 0 aliphatic carbocycles. The summed E-state index contributed by atoms with van der Waals surface area (Å²) in [4.78, 5) is 11.6. The summed E-state index contributed by atoms with van der Waals surface area (Å²) in [5, 5.41) is 0. The van der Waals surface area contributed by atoms with E-state index in [0.717, 1.165) is 19.3 Å². The van der Waals surface area contributed by atoms with Gasteiger partial charge in [-0.1, -0.05) is 52.9 Å². The molecule has 0 aromatic heterocycles. The highest BCUT2D eigenvalue weighted by Crippen LogP contribution is 2.11. The second kappa shape index (κ2) is 11.1. The van der Waals surface area contributed by atoms with Crippen molar-refractivity contribution in [3.05, 3.63) is 0 Å². The molecule has 0 aromatic carbocycles. The fraction of sp³-hybridized carbons (Fsp3) is 0.929. The molecule has 0 N–H and O–H groups in total. The minimum atomic E-state index is -0.133. The topological polar surface area (TPSA) is 26.3 Å². The lowest BCUT2D eigenvalue weighted by molar-refractivity contribution is -0.130. The Bertz CT molecular complexity index is 166. The van der Waals surface area contributed by atoms with Crippen LogP contribution in [0.15, 0.2) is 0 Å². The van der Waals surface area contributed by atoms with Crippen molar-refractivity contribution in [3.8, 4) is 0 Å². The number of hydrogen-bond acceptors (Lipinski definition) is 2. The summed E-state index contributed by atoms with van der Waals surface area (Å²) in [6, 6.07) is 0. The number of Topliss-reactive ketones (excluding diaryl/α,β-unsaturated/α-hetero) is 1. The van der Waals surface area contributed by atoms with Gasteiger partial charge >= 0.3 is 0 Å². The third kappa shape index (κ3) is 7.86. The third-order valence-corrected chi connectivity index (χ3v) is 2.80. The van der Waals surface area contributed by atoms with Gasteiger partial charge in [0.1, 0.15) is 6.10 Å². The van der Waals surface area contributed by atoms with E-state index in [2.05, 4.69) is 13.8 Å².